The lowest BCUT2D eigenvalue weighted by Crippen LogP contribution is -2.44. The second kappa shape index (κ2) is 8.68. The van der Waals surface area contributed by atoms with Gasteiger partial charge < -0.3 is 15.0 Å². The largest absolute Gasteiger partial charge is 0.481 e. The summed E-state index contributed by atoms with van der Waals surface area (Å²) in [5.41, 5.74) is 3.98. The summed E-state index contributed by atoms with van der Waals surface area (Å²) in [5.74, 6) is 0.979. The summed E-state index contributed by atoms with van der Waals surface area (Å²) in [4.78, 5) is 25.9. The Morgan fingerprint density at radius 1 is 1.21 bits per heavy atom. The number of aromatic nitrogens is 2. The number of nitrogens with zero attached hydrogens (tertiary/aromatic N) is 3. The highest BCUT2D eigenvalue weighted by Gasteiger charge is 2.27. The minimum atomic E-state index is -0.567. The SMILES string of the molecule is CC(=O)NCc1cc2n(n1)CCN(C(=O)C(C)Oc1cc(C)ccc1C(C)C)C2. The molecule has 1 aliphatic heterocycles. The maximum atomic E-state index is 13.0. The average Bonchev–Trinajstić information content (AvgIpc) is 3.07. The van der Waals surface area contributed by atoms with Gasteiger partial charge in [-0.25, -0.2) is 0 Å². The van der Waals surface area contributed by atoms with Crippen molar-refractivity contribution in [3.8, 4) is 5.75 Å². The lowest BCUT2D eigenvalue weighted by Gasteiger charge is -2.30. The van der Waals surface area contributed by atoms with Crippen molar-refractivity contribution in [3.05, 3.63) is 46.8 Å². The predicted molar refractivity (Wildman–Crippen MR) is 111 cm³/mol. The van der Waals surface area contributed by atoms with Gasteiger partial charge in [0.15, 0.2) is 6.10 Å². The van der Waals surface area contributed by atoms with E-state index in [0.29, 0.717) is 32.1 Å². The third-order valence-electron chi connectivity index (χ3n) is 5.12. The fourth-order valence-electron chi connectivity index (χ4n) is 3.53. The van der Waals surface area contributed by atoms with Crippen molar-refractivity contribution in [3.63, 3.8) is 0 Å². The van der Waals surface area contributed by atoms with Crippen LogP contribution in [0.15, 0.2) is 24.3 Å². The molecule has 0 aliphatic carbocycles. The number of amides is 2. The zero-order chi connectivity index (χ0) is 21.1. The first-order valence-electron chi connectivity index (χ1n) is 10.1. The molecule has 0 radical (unpaired) electrons. The van der Waals surface area contributed by atoms with Crippen LogP contribution in [0.25, 0.3) is 0 Å². The van der Waals surface area contributed by atoms with Crippen molar-refractivity contribution >= 4 is 11.8 Å². The number of ether oxygens (including phenoxy) is 1. The third-order valence-corrected chi connectivity index (χ3v) is 5.12. The van der Waals surface area contributed by atoms with Crippen molar-refractivity contribution in [2.45, 2.75) is 66.3 Å². The Morgan fingerprint density at radius 3 is 2.66 bits per heavy atom. The minimum Gasteiger partial charge on any atom is -0.481 e. The van der Waals surface area contributed by atoms with Crippen LogP contribution in [0.3, 0.4) is 0 Å². The Hall–Kier alpha value is -2.83. The van der Waals surface area contributed by atoms with E-state index in [0.717, 1.165) is 28.3 Å². The number of carbonyl (C=O) groups excluding carboxylic acids is 2. The van der Waals surface area contributed by atoms with E-state index in [1.807, 2.05) is 35.6 Å². The standard InChI is InChI=1S/C22H30N4O3/c1-14(2)20-7-6-15(3)10-21(20)29-16(4)22(28)25-8-9-26-19(13-25)11-18(24-26)12-23-17(5)27/h6-7,10-11,14,16H,8-9,12-13H2,1-5H3,(H,23,27). The third kappa shape index (κ3) is 4.96. The second-order valence-corrected chi connectivity index (χ2v) is 7.98. The molecule has 1 N–H and O–H groups in total. The molecule has 1 atom stereocenters. The van der Waals surface area contributed by atoms with Gasteiger partial charge in [0.05, 0.1) is 31.0 Å². The summed E-state index contributed by atoms with van der Waals surface area (Å²) in [7, 11) is 0. The lowest BCUT2D eigenvalue weighted by molar-refractivity contribution is -0.139. The predicted octanol–water partition coefficient (Wildman–Crippen LogP) is 2.76. The number of hydrogen-bond donors (Lipinski definition) is 1. The molecule has 2 aromatic rings. The highest BCUT2D eigenvalue weighted by Crippen LogP contribution is 2.28. The van der Waals surface area contributed by atoms with Crippen LogP contribution in [0, 0.1) is 6.92 Å². The Kier molecular flexibility index (Phi) is 6.25. The number of rotatable bonds is 6. The van der Waals surface area contributed by atoms with Crippen LogP contribution >= 0.6 is 0 Å². The zero-order valence-electron chi connectivity index (χ0n) is 17.9. The molecule has 7 heteroatoms. The van der Waals surface area contributed by atoms with Crippen molar-refractivity contribution < 1.29 is 14.3 Å². The van der Waals surface area contributed by atoms with Gasteiger partial charge in [-0.2, -0.15) is 5.10 Å². The van der Waals surface area contributed by atoms with Crippen LogP contribution < -0.4 is 10.1 Å². The Labute approximate surface area is 172 Å². The molecule has 0 saturated heterocycles. The van der Waals surface area contributed by atoms with E-state index in [-0.39, 0.29) is 11.8 Å². The van der Waals surface area contributed by atoms with Crippen LogP contribution in [0.2, 0.25) is 0 Å². The molecule has 3 rings (SSSR count). The number of fused-ring (bicyclic) bond motifs is 1. The molecule has 29 heavy (non-hydrogen) atoms. The number of aryl methyl sites for hydroxylation is 1. The fraction of sp³-hybridized carbons (Fsp3) is 0.500. The maximum Gasteiger partial charge on any atom is 0.263 e. The molecule has 1 aromatic carbocycles. The van der Waals surface area contributed by atoms with Gasteiger partial charge in [-0.3, -0.25) is 14.3 Å². The second-order valence-electron chi connectivity index (χ2n) is 7.98. The molecule has 0 fully saturated rings. The summed E-state index contributed by atoms with van der Waals surface area (Å²) in [6.45, 7) is 11.7. The summed E-state index contributed by atoms with van der Waals surface area (Å²) >= 11 is 0. The molecule has 0 saturated carbocycles. The summed E-state index contributed by atoms with van der Waals surface area (Å²) in [6, 6.07) is 8.08. The van der Waals surface area contributed by atoms with Crippen LogP contribution in [-0.4, -0.2) is 39.1 Å². The van der Waals surface area contributed by atoms with Crippen molar-refractivity contribution in [2.24, 2.45) is 0 Å². The first kappa shape index (κ1) is 20.9. The van der Waals surface area contributed by atoms with Crippen LogP contribution in [0.4, 0.5) is 0 Å². The van der Waals surface area contributed by atoms with E-state index in [9.17, 15) is 9.59 Å². The maximum absolute atomic E-state index is 13.0. The summed E-state index contributed by atoms with van der Waals surface area (Å²) in [6.07, 6.45) is -0.567. The quantitative estimate of drug-likeness (QED) is 0.812. The van der Waals surface area contributed by atoms with Crippen LogP contribution in [0.1, 0.15) is 56.1 Å². The first-order valence-corrected chi connectivity index (χ1v) is 10.1. The molecule has 1 aliphatic rings. The number of nitrogens with one attached hydrogen (secondary N) is 1. The smallest absolute Gasteiger partial charge is 0.263 e. The van der Waals surface area contributed by atoms with Gasteiger partial charge >= 0.3 is 0 Å². The lowest BCUT2D eigenvalue weighted by atomic mass is 10.0. The number of benzene rings is 1. The van der Waals surface area contributed by atoms with Crippen molar-refractivity contribution in [2.75, 3.05) is 6.54 Å². The minimum absolute atomic E-state index is 0.0305. The van der Waals surface area contributed by atoms with Gasteiger partial charge in [0, 0.05) is 13.5 Å². The van der Waals surface area contributed by atoms with Crippen molar-refractivity contribution in [1.29, 1.82) is 0 Å². The van der Waals surface area contributed by atoms with E-state index >= 15 is 0 Å². The topological polar surface area (TPSA) is 76.5 Å². The van der Waals surface area contributed by atoms with Crippen molar-refractivity contribution in [1.82, 2.24) is 20.0 Å². The molecule has 1 unspecified atom stereocenters. The summed E-state index contributed by atoms with van der Waals surface area (Å²) < 4.78 is 8.01. The highest BCUT2D eigenvalue weighted by atomic mass is 16.5. The molecule has 2 amide bonds. The van der Waals surface area contributed by atoms with Crippen LogP contribution in [0.5, 0.6) is 5.75 Å². The Morgan fingerprint density at radius 2 is 1.97 bits per heavy atom. The fourth-order valence-corrected chi connectivity index (χ4v) is 3.53. The first-order chi connectivity index (χ1) is 13.7. The van der Waals surface area contributed by atoms with E-state index in [2.05, 4.69) is 36.4 Å². The Balaban J connectivity index is 1.67. The van der Waals surface area contributed by atoms with Gasteiger partial charge in [0.1, 0.15) is 5.75 Å². The van der Waals surface area contributed by atoms with Gasteiger partial charge in [-0.15, -0.1) is 0 Å². The Bertz CT molecular complexity index is 903. The van der Waals surface area contributed by atoms with E-state index in [1.54, 1.807) is 0 Å². The van der Waals surface area contributed by atoms with E-state index in [1.165, 1.54) is 6.92 Å². The van der Waals surface area contributed by atoms with E-state index in [4.69, 9.17) is 4.74 Å². The van der Waals surface area contributed by atoms with E-state index < -0.39 is 6.10 Å². The molecule has 156 valence electrons. The van der Waals surface area contributed by atoms with Crippen LogP contribution in [-0.2, 0) is 29.2 Å². The van der Waals surface area contributed by atoms with Gasteiger partial charge in [-0.05, 0) is 43.0 Å². The van der Waals surface area contributed by atoms with Gasteiger partial charge in [0.2, 0.25) is 5.91 Å². The molecular formula is C22H30N4O3. The molecule has 0 bridgehead atoms. The average molecular weight is 399 g/mol. The molecule has 2 heterocycles. The number of carbonyl (C=O) groups is 2. The molecule has 0 spiro atoms. The monoisotopic (exact) mass is 398 g/mol. The zero-order valence-corrected chi connectivity index (χ0v) is 17.9. The van der Waals surface area contributed by atoms with Gasteiger partial charge in [0.25, 0.3) is 5.91 Å². The summed E-state index contributed by atoms with van der Waals surface area (Å²) in [5, 5.41) is 7.26. The number of hydrogen-bond acceptors (Lipinski definition) is 4. The molecule has 1 aromatic heterocycles. The highest BCUT2D eigenvalue weighted by molar-refractivity contribution is 5.81. The normalized spacial score (nSPS) is 14.5. The molecule has 7 nitrogen and oxygen atoms in total. The van der Waals surface area contributed by atoms with Gasteiger partial charge in [-0.1, -0.05) is 26.0 Å². The molecular weight excluding hydrogens is 368 g/mol.